The quantitative estimate of drug-likeness (QED) is 0.252. The average Bonchev–Trinajstić information content (AvgIpc) is 2.83. The Labute approximate surface area is 197 Å². The number of nitrogens with one attached hydrogen (secondary N) is 1. The number of hydrogen-bond donors (Lipinski definition) is 1. The zero-order valence-corrected chi connectivity index (χ0v) is 19.7. The predicted octanol–water partition coefficient (Wildman–Crippen LogP) is 6.30. The second-order valence-electron chi connectivity index (χ2n) is 8.09. The van der Waals surface area contributed by atoms with E-state index in [1.54, 1.807) is 18.0 Å². The number of rotatable bonds is 5. The van der Waals surface area contributed by atoms with Crippen molar-refractivity contribution in [1.82, 2.24) is 14.5 Å². The average molecular weight is 452 g/mol. The molecule has 164 valence electrons. The fourth-order valence-electron chi connectivity index (χ4n) is 3.95. The van der Waals surface area contributed by atoms with Crippen molar-refractivity contribution in [2.45, 2.75) is 24.8 Å². The molecule has 0 fully saturated rings. The number of fused-ring (bicyclic) bond motifs is 2. The molecule has 0 spiro atoms. The molecular formula is C27H25N5S. The van der Waals surface area contributed by atoms with E-state index < -0.39 is 0 Å². The zero-order chi connectivity index (χ0) is 22.8. The van der Waals surface area contributed by atoms with Crippen LogP contribution in [0.1, 0.15) is 13.8 Å². The molecule has 2 heterocycles. The van der Waals surface area contributed by atoms with E-state index in [1.165, 1.54) is 4.90 Å². The molecule has 0 saturated carbocycles. The summed E-state index contributed by atoms with van der Waals surface area (Å²) >= 11 is 1.74. The summed E-state index contributed by atoms with van der Waals surface area (Å²) in [6.45, 7) is 4.18. The van der Waals surface area contributed by atoms with Crippen LogP contribution in [0.5, 0.6) is 0 Å². The predicted molar refractivity (Wildman–Crippen MR) is 138 cm³/mol. The first-order valence-electron chi connectivity index (χ1n) is 10.9. The summed E-state index contributed by atoms with van der Waals surface area (Å²) in [7, 11) is 0. The number of para-hydroxylation sites is 2. The van der Waals surface area contributed by atoms with Crippen molar-refractivity contribution in [2.75, 3.05) is 11.6 Å². The van der Waals surface area contributed by atoms with Gasteiger partial charge in [-0.1, -0.05) is 18.2 Å². The van der Waals surface area contributed by atoms with Gasteiger partial charge >= 0.3 is 0 Å². The van der Waals surface area contributed by atoms with Crippen molar-refractivity contribution in [3.8, 4) is 17.1 Å². The minimum absolute atomic E-state index is 0.151. The number of benzene rings is 3. The molecule has 2 aromatic carbocycles. The molecule has 5 rings (SSSR count). The molecule has 1 N–H and O–H groups in total. The minimum Gasteiger partial charge on any atom is -0.352 e. The van der Waals surface area contributed by atoms with Gasteiger partial charge in [0.25, 0.3) is 0 Å². The topological polar surface area (TPSA) is 55.1 Å². The number of anilines is 2. The van der Waals surface area contributed by atoms with E-state index in [1.807, 2.05) is 24.4 Å². The first-order valence-corrected chi connectivity index (χ1v) is 12.2. The van der Waals surface area contributed by atoms with Gasteiger partial charge in [0.05, 0.1) is 45.4 Å². The van der Waals surface area contributed by atoms with Gasteiger partial charge in [-0.05, 0) is 74.7 Å². The van der Waals surface area contributed by atoms with Crippen molar-refractivity contribution in [2.24, 2.45) is 4.99 Å². The van der Waals surface area contributed by atoms with Crippen molar-refractivity contribution >= 4 is 34.2 Å². The van der Waals surface area contributed by atoms with Gasteiger partial charge in [-0.2, -0.15) is 0 Å². The molecule has 0 unspecified atom stereocenters. The number of thioether (sulfide) groups is 1. The monoisotopic (exact) mass is 451 g/mol. The molecule has 6 heteroatoms. The smallest absolute Gasteiger partial charge is 0.0900 e. The van der Waals surface area contributed by atoms with Crippen molar-refractivity contribution in [3.63, 3.8) is 0 Å². The lowest BCUT2D eigenvalue weighted by Gasteiger charge is -2.20. The van der Waals surface area contributed by atoms with Gasteiger partial charge in [-0.3, -0.25) is 9.98 Å². The third kappa shape index (κ3) is 4.34. The Balaban J connectivity index is 1.83. The third-order valence-electron chi connectivity index (χ3n) is 5.35. The van der Waals surface area contributed by atoms with E-state index in [2.05, 4.69) is 89.6 Å². The third-order valence-corrected chi connectivity index (χ3v) is 6.07. The minimum atomic E-state index is 0.151. The van der Waals surface area contributed by atoms with Crippen LogP contribution in [0.2, 0.25) is 0 Å². The first-order chi connectivity index (χ1) is 16.1. The summed E-state index contributed by atoms with van der Waals surface area (Å²) in [5, 5.41) is 4.38. The van der Waals surface area contributed by atoms with Gasteiger partial charge in [-0.15, -0.1) is 11.8 Å². The molecule has 33 heavy (non-hydrogen) atoms. The van der Waals surface area contributed by atoms with Crippen LogP contribution in [0.4, 0.5) is 11.4 Å². The summed E-state index contributed by atoms with van der Waals surface area (Å²) in [5.41, 5.74) is 6.86. The van der Waals surface area contributed by atoms with Crippen LogP contribution < -0.4 is 10.7 Å². The Morgan fingerprint density at radius 1 is 0.970 bits per heavy atom. The molecule has 1 aromatic heterocycles. The highest BCUT2D eigenvalue weighted by atomic mass is 32.2. The lowest BCUT2D eigenvalue weighted by atomic mass is 10.1. The highest BCUT2D eigenvalue weighted by Crippen LogP contribution is 2.31. The van der Waals surface area contributed by atoms with Gasteiger partial charge in [0, 0.05) is 22.8 Å². The maximum absolute atomic E-state index is 5.01. The summed E-state index contributed by atoms with van der Waals surface area (Å²) in [5.74, 6) is 0. The highest BCUT2D eigenvalue weighted by Gasteiger charge is 2.17. The Hall–Kier alpha value is -3.64. The second-order valence-corrected chi connectivity index (χ2v) is 8.96. The Bertz CT molecular complexity index is 1460. The Morgan fingerprint density at radius 3 is 2.64 bits per heavy atom. The summed E-state index contributed by atoms with van der Waals surface area (Å²) in [6.07, 6.45) is 5.68. The number of pyridine rings is 1. The lowest BCUT2D eigenvalue weighted by molar-refractivity contribution is 0.806. The number of aromatic nitrogens is 3. The molecule has 0 atom stereocenters. The van der Waals surface area contributed by atoms with Crippen molar-refractivity contribution < 1.29 is 0 Å². The maximum atomic E-state index is 5.01. The van der Waals surface area contributed by atoms with Crippen LogP contribution in [0.25, 0.3) is 28.1 Å². The van der Waals surface area contributed by atoms with E-state index in [4.69, 9.17) is 9.98 Å². The zero-order valence-electron chi connectivity index (χ0n) is 18.9. The van der Waals surface area contributed by atoms with E-state index in [9.17, 15) is 0 Å². The standard InChI is InChI=1S/C27H25N5S/c1-18(2)29-24-16-27-25(15-23(24)30-19-8-7-13-28-17-19)31-22-11-4-5-12-26(22)32(27)20-9-6-10-21(14-20)33-3/h4-18,30H,1-3H3/b29-24+. The van der Waals surface area contributed by atoms with Crippen molar-refractivity contribution in [3.05, 3.63) is 90.5 Å². The van der Waals surface area contributed by atoms with Gasteiger partial charge in [0.15, 0.2) is 0 Å². The van der Waals surface area contributed by atoms with E-state index in [0.717, 1.165) is 44.8 Å². The van der Waals surface area contributed by atoms with Crippen LogP contribution in [0.15, 0.2) is 95.1 Å². The fourth-order valence-corrected chi connectivity index (χ4v) is 4.40. The van der Waals surface area contributed by atoms with Gasteiger partial charge in [0.1, 0.15) is 0 Å². The largest absolute Gasteiger partial charge is 0.352 e. The normalized spacial score (nSPS) is 12.1. The number of hydrogen-bond acceptors (Lipinski definition) is 5. The van der Waals surface area contributed by atoms with Crippen molar-refractivity contribution in [1.29, 1.82) is 0 Å². The van der Waals surface area contributed by atoms with Crippen LogP contribution in [0, 0.1) is 0 Å². The fraction of sp³-hybridized carbons (Fsp3) is 0.148. The molecule has 3 aromatic rings. The van der Waals surface area contributed by atoms with E-state index >= 15 is 0 Å². The van der Waals surface area contributed by atoms with E-state index in [0.29, 0.717) is 0 Å². The summed E-state index contributed by atoms with van der Waals surface area (Å²) in [6, 6.07) is 25.2. The van der Waals surface area contributed by atoms with Crippen LogP contribution in [-0.4, -0.2) is 26.8 Å². The SMILES string of the molecule is CSc1cccc(-n2c3c/c(=N\C(C)C)c(Nc4cccnc4)cc-3nc3ccccc32)c1. The first kappa shape index (κ1) is 21.2. The molecule has 0 saturated heterocycles. The highest BCUT2D eigenvalue weighted by molar-refractivity contribution is 7.98. The Morgan fingerprint density at radius 2 is 1.85 bits per heavy atom. The maximum Gasteiger partial charge on any atom is 0.0900 e. The molecule has 1 aliphatic heterocycles. The van der Waals surface area contributed by atoms with Gasteiger partial charge in [0.2, 0.25) is 0 Å². The summed E-state index contributed by atoms with van der Waals surface area (Å²) in [4.78, 5) is 15.4. The molecular weight excluding hydrogens is 426 g/mol. The number of nitrogens with zero attached hydrogens (tertiary/aromatic N) is 4. The molecule has 5 nitrogen and oxygen atoms in total. The molecule has 0 amide bonds. The molecule has 0 radical (unpaired) electrons. The van der Waals surface area contributed by atoms with Crippen LogP contribution in [-0.2, 0) is 0 Å². The van der Waals surface area contributed by atoms with E-state index in [-0.39, 0.29) is 6.04 Å². The molecule has 0 bridgehead atoms. The van der Waals surface area contributed by atoms with Crippen LogP contribution in [0.3, 0.4) is 0 Å². The second kappa shape index (κ2) is 9.08. The lowest BCUT2D eigenvalue weighted by Crippen LogP contribution is -2.16. The van der Waals surface area contributed by atoms with Crippen LogP contribution >= 0.6 is 11.8 Å². The van der Waals surface area contributed by atoms with Gasteiger partial charge in [-0.25, -0.2) is 4.98 Å². The molecule has 1 aliphatic carbocycles. The Kier molecular flexibility index (Phi) is 5.84. The molecule has 2 aliphatic rings. The summed E-state index contributed by atoms with van der Waals surface area (Å²) < 4.78 is 2.28. The van der Waals surface area contributed by atoms with Gasteiger partial charge < -0.3 is 9.88 Å².